The number of nitrogens with one attached hydrogen (secondary N) is 1. The second-order valence-electron chi connectivity index (χ2n) is 10.5. The Bertz CT molecular complexity index is 1080. The van der Waals surface area contributed by atoms with Crippen molar-refractivity contribution in [3.05, 3.63) is 102 Å². The van der Waals surface area contributed by atoms with Crippen molar-refractivity contribution in [1.29, 1.82) is 0 Å². The fraction of sp³-hybridized carbons (Fsp3) is 0.375. The van der Waals surface area contributed by atoms with E-state index >= 15 is 0 Å². The van der Waals surface area contributed by atoms with Crippen molar-refractivity contribution >= 4 is 17.1 Å². The summed E-state index contributed by atoms with van der Waals surface area (Å²) >= 11 is 0. The van der Waals surface area contributed by atoms with Crippen molar-refractivity contribution in [1.82, 2.24) is 4.90 Å². The quantitative estimate of drug-likeness (QED) is 0.321. The Labute approximate surface area is 218 Å². The van der Waals surface area contributed by atoms with Crippen LogP contribution in [0.2, 0.25) is 0 Å². The topological polar surface area (TPSA) is 21.8 Å². The normalized spacial score (nSPS) is 14.3. The van der Waals surface area contributed by atoms with Gasteiger partial charge in [0.05, 0.1) is 0 Å². The van der Waals surface area contributed by atoms with Gasteiger partial charge in [-0.3, -0.25) is 4.90 Å². The van der Waals surface area contributed by atoms with E-state index in [-0.39, 0.29) is 0 Å². The second kappa shape index (κ2) is 12.6. The zero-order valence-electron chi connectivity index (χ0n) is 22.5. The summed E-state index contributed by atoms with van der Waals surface area (Å²) in [6.45, 7) is 9.48. The minimum atomic E-state index is 0.536. The van der Waals surface area contributed by atoms with Gasteiger partial charge in [0.1, 0.15) is 0 Å². The van der Waals surface area contributed by atoms with Gasteiger partial charge in [-0.05, 0) is 74.2 Å². The predicted octanol–water partition coefficient (Wildman–Crippen LogP) is 6.80. The number of allylic oxidation sites excluding steroid dienone is 1. The van der Waals surface area contributed by atoms with Crippen LogP contribution in [0, 0.1) is 0 Å². The first-order valence-corrected chi connectivity index (χ1v) is 13.2. The Kier molecular flexibility index (Phi) is 9.07. The van der Waals surface area contributed by atoms with Gasteiger partial charge in [0.15, 0.2) is 0 Å². The summed E-state index contributed by atoms with van der Waals surface area (Å²) < 4.78 is 0. The molecule has 190 valence electrons. The van der Waals surface area contributed by atoms with Crippen LogP contribution in [0.5, 0.6) is 0 Å². The van der Waals surface area contributed by atoms with Crippen LogP contribution in [0.15, 0.2) is 90.5 Å². The van der Waals surface area contributed by atoms with Crippen LogP contribution >= 0.6 is 0 Å². The molecule has 1 aliphatic rings. The smallest absolute Gasteiger partial charge is 0.0432 e. The molecule has 0 amide bonds. The molecule has 0 atom stereocenters. The van der Waals surface area contributed by atoms with Gasteiger partial charge >= 0.3 is 0 Å². The molecule has 1 saturated heterocycles. The lowest BCUT2D eigenvalue weighted by Gasteiger charge is -2.33. The number of hydrogen-bond acceptors (Lipinski definition) is 4. The molecule has 0 aliphatic carbocycles. The Hall–Kier alpha value is -3.24. The van der Waals surface area contributed by atoms with E-state index < -0.39 is 0 Å². The zero-order chi connectivity index (χ0) is 25.3. The van der Waals surface area contributed by atoms with Gasteiger partial charge in [0.2, 0.25) is 0 Å². The van der Waals surface area contributed by atoms with Crippen LogP contribution in [0.3, 0.4) is 0 Å². The molecule has 1 heterocycles. The highest BCUT2D eigenvalue weighted by molar-refractivity contribution is 5.56. The van der Waals surface area contributed by atoms with Gasteiger partial charge in [-0.2, -0.15) is 0 Å². The maximum absolute atomic E-state index is 3.79. The SMILES string of the molecule is CC(C)=CCN(Cc1ccccc1)c1ccc(NC2CCN(Cc3ccc(N(C)C)cc3)CC2)cc1. The van der Waals surface area contributed by atoms with Crippen molar-refractivity contribution in [3.8, 4) is 0 Å². The average molecular weight is 483 g/mol. The zero-order valence-corrected chi connectivity index (χ0v) is 22.5. The van der Waals surface area contributed by atoms with E-state index in [1.54, 1.807) is 0 Å². The van der Waals surface area contributed by atoms with Gasteiger partial charge in [-0.25, -0.2) is 0 Å². The van der Waals surface area contributed by atoms with Crippen molar-refractivity contribution in [2.24, 2.45) is 0 Å². The Morgan fingerprint density at radius 1 is 0.833 bits per heavy atom. The van der Waals surface area contributed by atoms with Gasteiger partial charge in [-0.1, -0.05) is 54.1 Å². The first kappa shape index (κ1) is 25.8. The van der Waals surface area contributed by atoms with E-state index in [9.17, 15) is 0 Å². The molecule has 0 saturated carbocycles. The molecular formula is C32H42N4. The number of nitrogens with zero attached hydrogens (tertiary/aromatic N) is 3. The van der Waals surface area contributed by atoms with Crippen LogP contribution in [-0.4, -0.2) is 44.7 Å². The molecule has 3 aromatic carbocycles. The first-order chi connectivity index (χ1) is 17.5. The number of rotatable bonds is 10. The van der Waals surface area contributed by atoms with Crippen LogP contribution in [0.1, 0.15) is 37.8 Å². The van der Waals surface area contributed by atoms with Crippen molar-refractivity contribution in [2.45, 2.75) is 45.8 Å². The summed E-state index contributed by atoms with van der Waals surface area (Å²) in [6.07, 6.45) is 4.66. The fourth-order valence-electron chi connectivity index (χ4n) is 4.76. The molecule has 4 nitrogen and oxygen atoms in total. The minimum Gasteiger partial charge on any atom is -0.382 e. The molecule has 1 aliphatic heterocycles. The monoisotopic (exact) mass is 482 g/mol. The molecular weight excluding hydrogens is 440 g/mol. The lowest BCUT2D eigenvalue weighted by atomic mass is 10.0. The lowest BCUT2D eigenvalue weighted by molar-refractivity contribution is 0.211. The minimum absolute atomic E-state index is 0.536. The summed E-state index contributed by atoms with van der Waals surface area (Å²) in [4.78, 5) is 7.17. The summed E-state index contributed by atoms with van der Waals surface area (Å²) in [7, 11) is 4.18. The maximum atomic E-state index is 3.79. The molecule has 0 spiro atoms. The van der Waals surface area contributed by atoms with E-state index in [1.165, 1.54) is 46.6 Å². The summed E-state index contributed by atoms with van der Waals surface area (Å²) in [6, 6.07) is 29.2. The summed E-state index contributed by atoms with van der Waals surface area (Å²) in [5.41, 5.74) is 7.82. The first-order valence-electron chi connectivity index (χ1n) is 13.2. The molecule has 0 radical (unpaired) electrons. The molecule has 0 aromatic heterocycles. The highest BCUT2D eigenvalue weighted by Crippen LogP contribution is 2.23. The number of piperidine rings is 1. The molecule has 0 unspecified atom stereocenters. The van der Waals surface area contributed by atoms with Gasteiger partial charge < -0.3 is 15.1 Å². The molecule has 4 heteroatoms. The molecule has 1 N–H and O–H groups in total. The van der Waals surface area contributed by atoms with E-state index in [4.69, 9.17) is 0 Å². The standard InChI is InChI=1S/C32H42N4/c1-26(2)18-23-36(25-27-8-6-5-7-9-27)32-16-12-29(13-17-32)33-30-19-21-35(22-20-30)24-28-10-14-31(15-11-28)34(3)4/h5-18,30,33H,19-25H2,1-4H3. The second-order valence-corrected chi connectivity index (χ2v) is 10.5. The van der Waals surface area contributed by atoms with Gasteiger partial charge in [0.25, 0.3) is 0 Å². The van der Waals surface area contributed by atoms with Crippen molar-refractivity contribution < 1.29 is 0 Å². The molecule has 4 rings (SSSR count). The fourth-order valence-corrected chi connectivity index (χ4v) is 4.76. The molecule has 0 bridgehead atoms. The van der Waals surface area contributed by atoms with Gasteiger partial charge in [0, 0.05) is 69.9 Å². The number of likely N-dealkylation sites (tertiary alicyclic amines) is 1. The number of hydrogen-bond donors (Lipinski definition) is 1. The molecule has 1 fully saturated rings. The van der Waals surface area contributed by atoms with E-state index in [0.717, 1.165) is 32.7 Å². The third kappa shape index (κ3) is 7.63. The van der Waals surface area contributed by atoms with Crippen LogP contribution < -0.4 is 15.1 Å². The Balaban J connectivity index is 1.29. The van der Waals surface area contributed by atoms with E-state index in [0.29, 0.717) is 6.04 Å². The predicted molar refractivity (Wildman–Crippen MR) is 156 cm³/mol. The molecule has 36 heavy (non-hydrogen) atoms. The summed E-state index contributed by atoms with van der Waals surface area (Å²) in [5, 5.41) is 3.79. The lowest BCUT2D eigenvalue weighted by Crippen LogP contribution is -2.38. The number of anilines is 3. The largest absolute Gasteiger partial charge is 0.382 e. The van der Waals surface area contributed by atoms with Crippen LogP contribution in [0.25, 0.3) is 0 Å². The average Bonchev–Trinajstić information content (AvgIpc) is 2.89. The maximum Gasteiger partial charge on any atom is 0.0432 e. The Morgan fingerprint density at radius 2 is 1.47 bits per heavy atom. The van der Waals surface area contributed by atoms with Crippen LogP contribution in [-0.2, 0) is 13.1 Å². The van der Waals surface area contributed by atoms with Crippen LogP contribution in [0.4, 0.5) is 17.1 Å². The third-order valence-electron chi connectivity index (χ3n) is 6.99. The van der Waals surface area contributed by atoms with Crippen molar-refractivity contribution in [3.63, 3.8) is 0 Å². The molecule has 3 aromatic rings. The van der Waals surface area contributed by atoms with E-state index in [2.05, 4.69) is 133 Å². The van der Waals surface area contributed by atoms with E-state index in [1.807, 2.05) is 0 Å². The highest BCUT2D eigenvalue weighted by atomic mass is 15.1. The summed E-state index contributed by atoms with van der Waals surface area (Å²) in [5.74, 6) is 0. The highest BCUT2D eigenvalue weighted by Gasteiger charge is 2.19. The van der Waals surface area contributed by atoms with Crippen molar-refractivity contribution in [2.75, 3.05) is 48.8 Å². The third-order valence-corrected chi connectivity index (χ3v) is 6.99. The Morgan fingerprint density at radius 3 is 2.08 bits per heavy atom. The number of benzene rings is 3. The van der Waals surface area contributed by atoms with Gasteiger partial charge in [-0.15, -0.1) is 0 Å².